The summed E-state index contributed by atoms with van der Waals surface area (Å²) in [6.07, 6.45) is 0.670. The van der Waals surface area contributed by atoms with E-state index in [4.69, 9.17) is 44.3 Å². The average Bonchev–Trinajstić information content (AvgIpc) is 2.79. The summed E-state index contributed by atoms with van der Waals surface area (Å²) in [6, 6.07) is 16.0. The van der Waals surface area contributed by atoms with Gasteiger partial charge in [0.15, 0.2) is 11.5 Å². The fourth-order valence-electron chi connectivity index (χ4n) is 3.99. The van der Waals surface area contributed by atoms with Crippen molar-refractivity contribution < 1.29 is 14.3 Å². The number of fused-ring (bicyclic) bond motifs is 1. The number of hydrogen-bond donors (Lipinski definition) is 0. The largest absolute Gasteiger partial charge is 0.493 e. The summed E-state index contributed by atoms with van der Waals surface area (Å²) in [5.74, 6) is 1.11. The van der Waals surface area contributed by atoms with E-state index in [1.165, 1.54) is 0 Å². The Balaban J connectivity index is 1.87. The Morgan fingerprint density at radius 3 is 2.26 bits per heavy atom. The SMILES string of the molecule is COc1cc2c(cc1OC)[C@@H](c1ccccc1Cl)N(C(=O)c1ccc(Cl)c(Cl)c1)CC2. The van der Waals surface area contributed by atoms with Crippen LogP contribution in [-0.4, -0.2) is 31.6 Å². The second-order valence-corrected chi connectivity index (χ2v) is 8.43. The van der Waals surface area contributed by atoms with Gasteiger partial charge in [-0.1, -0.05) is 53.0 Å². The maximum Gasteiger partial charge on any atom is 0.254 e. The molecule has 31 heavy (non-hydrogen) atoms. The number of carbonyl (C=O) groups excluding carboxylic acids is 1. The van der Waals surface area contributed by atoms with E-state index < -0.39 is 0 Å². The van der Waals surface area contributed by atoms with Crippen molar-refractivity contribution in [3.05, 3.63) is 91.9 Å². The van der Waals surface area contributed by atoms with Gasteiger partial charge in [-0.05, 0) is 59.5 Å². The van der Waals surface area contributed by atoms with Gasteiger partial charge in [0.25, 0.3) is 5.91 Å². The first-order valence-corrected chi connectivity index (χ1v) is 10.8. The van der Waals surface area contributed by atoms with E-state index in [0.717, 1.165) is 16.7 Å². The van der Waals surface area contributed by atoms with Gasteiger partial charge in [0, 0.05) is 17.1 Å². The molecular weight excluding hydrogens is 457 g/mol. The fourth-order valence-corrected chi connectivity index (χ4v) is 4.53. The lowest BCUT2D eigenvalue weighted by molar-refractivity contribution is 0.0694. The molecule has 0 spiro atoms. The molecule has 4 nitrogen and oxygen atoms in total. The Kier molecular flexibility index (Phi) is 6.33. The van der Waals surface area contributed by atoms with Crippen molar-refractivity contribution in [2.75, 3.05) is 20.8 Å². The molecule has 0 fully saturated rings. The van der Waals surface area contributed by atoms with E-state index >= 15 is 0 Å². The maximum absolute atomic E-state index is 13.6. The molecule has 0 saturated heterocycles. The predicted molar refractivity (Wildman–Crippen MR) is 124 cm³/mol. The Morgan fingerprint density at radius 2 is 1.58 bits per heavy atom. The summed E-state index contributed by atoms with van der Waals surface area (Å²) in [5, 5.41) is 1.33. The Labute approximate surface area is 196 Å². The zero-order chi connectivity index (χ0) is 22.1. The lowest BCUT2D eigenvalue weighted by Gasteiger charge is -2.38. The van der Waals surface area contributed by atoms with Crippen LogP contribution in [0.15, 0.2) is 54.6 Å². The molecule has 0 N–H and O–H groups in total. The molecule has 3 aromatic carbocycles. The van der Waals surface area contributed by atoms with Gasteiger partial charge in [0.2, 0.25) is 0 Å². The highest BCUT2D eigenvalue weighted by atomic mass is 35.5. The topological polar surface area (TPSA) is 38.8 Å². The number of benzene rings is 3. The third kappa shape index (κ3) is 4.08. The molecular formula is C24H20Cl3NO3. The van der Waals surface area contributed by atoms with Crippen LogP contribution in [0.25, 0.3) is 0 Å². The van der Waals surface area contributed by atoms with Gasteiger partial charge in [-0.3, -0.25) is 4.79 Å². The van der Waals surface area contributed by atoms with Crippen LogP contribution in [0.5, 0.6) is 11.5 Å². The number of hydrogen-bond acceptors (Lipinski definition) is 3. The summed E-state index contributed by atoms with van der Waals surface area (Å²) in [6.45, 7) is 0.511. The molecule has 1 aliphatic rings. The summed E-state index contributed by atoms with van der Waals surface area (Å²) >= 11 is 18.8. The van der Waals surface area contributed by atoms with Crippen molar-refractivity contribution in [3.63, 3.8) is 0 Å². The first-order chi connectivity index (χ1) is 14.9. The quantitative estimate of drug-likeness (QED) is 0.434. The predicted octanol–water partition coefficient (Wildman–Crippen LogP) is 6.45. The van der Waals surface area contributed by atoms with Gasteiger partial charge in [-0.25, -0.2) is 0 Å². The molecule has 4 rings (SSSR count). The number of halogens is 3. The van der Waals surface area contributed by atoms with Crippen LogP contribution in [0.2, 0.25) is 15.1 Å². The first kappa shape index (κ1) is 21.8. The maximum atomic E-state index is 13.6. The van der Waals surface area contributed by atoms with Gasteiger partial charge in [-0.2, -0.15) is 0 Å². The van der Waals surface area contributed by atoms with Crippen LogP contribution >= 0.6 is 34.8 Å². The number of ether oxygens (including phenoxy) is 2. The molecule has 1 amide bonds. The average molecular weight is 477 g/mol. The number of nitrogens with zero attached hydrogens (tertiary/aromatic N) is 1. The molecule has 7 heteroatoms. The monoisotopic (exact) mass is 475 g/mol. The number of carbonyl (C=O) groups is 1. The van der Waals surface area contributed by atoms with Crippen LogP contribution in [0.4, 0.5) is 0 Å². The number of amides is 1. The second-order valence-electron chi connectivity index (χ2n) is 7.21. The zero-order valence-corrected chi connectivity index (χ0v) is 19.3. The highest BCUT2D eigenvalue weighted by molar-refractivity contribution is 6.42. The third-order valence-corrected chi connectivity index (χ3v) is 6.58. The Hall–Kier alpha value is -2.40. The van der Waals surface area contributed by atoms with Gasteiger partial charge in [0.1, 0.15) is 0 Å². The highest BCUT2D eigenvalue weighted by Gasteiger charge is 2.35. The Morgan fingerprint density at radius 1 is 0.871 bits per heavy atom. The molecule has 0 aliphatic carbocycles. The summed E-state index contributed by atoms with van der Waals surface area (Å²) in [7, 11) is 3.20. The molecule has 0 unspecified atom stereocenters. The van der Waals surface area contributed by atoms with Crippen molar-refractivity contribution in [3.8, 4) is 11.5 Å². The van der Waals surface area contributed by atoms with Crippen LogP contribution < -0.4 is 9.47 Å². The van der Waals surface area contributed by atoms with Crippen molar-refractivity contribution in [1.29, 1.82) is 0 Å². The van der Waals surface area contributed by atoms with Crippen molar-refractivity contribution in [1.82, 2.24) is 4.90 Å². The number of methoxy groups -OCH3 is 2. The molecule has 160 valence electrons. The molecule has 1 aliphatic heterocycles. The van der Waals surface area contributed by atoms with E-state index in [9.17, 15) is 4.79 Å². The van der Waals surface area contributed by atoms with E-state index in [2.05, 4.69) is 0 Å². The lowest BCUT2D eigenvalue weighted by Crippen LogP contribution is -2.40. The normalized spacial score (nSPS) is 15.4. The van der Waals surface area contributed by atoms with Crippen molar-refractivity contribution in [2.45, 2.75) is 12.5 Å². The molecule has 1 heterocycles. The fraction of sp³-hybridized carbons (Fsp3) is 0.208. The van der Waals surface area contributed by atoms with E-state index in [-0.39, 0.29) is 11.9 Å². The van der Waals surface area contributed by atoms with Gasteiger partial charge in [-0.15, -0.1) is 0 Å². The minimum absolute atomic E-state index is 0.149. The standard InChI is InChI=1S/C24H20Cl3NO3/c1-30-21-12-14-9-10-28(24(29)15-7-8-19(26)20(27)11-15)23(17(14)13-22(21)31-2)16-5-3-4-6-18(16)25/h3-8,11-13,23H,9-10H2,1-2H3/t23-/m1/s1. The Bertz CT molecular complexity index is 1150. The van der Waals surface area contributed by atoms with E-state index in [1.807, 2.05) is 41.3 Å². The highest BCUT2D eigenvalue weighted by Crippen LogP contribution is 2.43. The zero-order valence-electron chi connectivity index (χ0n) is 17.0. The van der Waals surface area contributed by atoms with Crippen molar-refractivity contribution >= 4 is 40.7 Å². The van der Waals surface area contributed by atoms with Gasteiger partial charge < -0.3 is 14.4 Å². The smallest absolute Gasteiger partial charge is 0.254 e. The van der Waals surface area contributed by atoms with Crippen LogP contribution in [0.3, 0.4) is 0 Å². The lowest BCUT2D eigenvalue weighted by atomic mass is 9.87. The molecule has 3 aromatic rings. The molecule has 0 radical (unpaired) electrons. The van der Waals surface area contributed by atoms with Crippen molar-refractivity contribution in [2.24, 2.45) is 0 Å². The second kappa shape index (κ2) is 8.99. The van der Waals surface area contributed by atoms with Crippen LogP contribution in [0.1, 0.15) is 33.1 Å². The number of rotatable bonds is 4. The molecule has 0 aromatic heterocycles. The molecule has 0 saturated carbocycles. The van der Waals surface area contributed by atoms with Crippen LogP contribution in [-0.2, 0) is 6.42 Å². The molecule has 1 atom stereocenters. The summed E-state index contributed by atoms with van der Waals surface area (Å²) < 4.78 is 11.0. The van der Waals surface area contributed by atoms with Gasteiger partial charge >= 0.3 is 0 Å². The van der Waals surface area contributed by atoms with Gasteiger partial charge in [0.05, 0.1) is 30.3 Å². The van der Waals surface area contributed by atoms with Crippen LogP contribution in [0, 0.1) is 0 Å². The van der Waals surface area contributed by atoms with E-state index in [0.29, 0.717) is 45.1 Å². The third-order valence-electron chi connectivity index (χ3n) is 5.50. The summed E-state index contributed by atoms with van der Waals surface area (Å²) in [5.41, 5.74) is 3.34. The summed E-state index contributed by atoms with van der Waals surface area (Å²) in [4.78, 5) is 15.4. The first-order valence-electron chi connectivity index (χ1n) is 9.69. The van der Waals surface area contributed by atoms with E-state index in [1.54, 1.807) is 32.4 Å². The minimum Gasteiger partial charge on any atom is -0.493 e. The minimum atomic E-state index is -0.390. The molecule has 0 bridgehead atoms.